The van der Waals surface area contributed by atoms with Crippen molar-refractivity contribution in [1.29, 1.82) is 0 Å². The normalized spacial score (nSPS) is 15.8. The molecule has 0 saturated heterocycles. The van der Waals surface area contributed by atoms with Crippen molar-refractivity contribution < 1.29 is 27.4 Å². The number of ether oxygens (including phenoxy) is 3. The molecule has 1 amide bonds. The van der Waals surface area contributed by atoms with Gasteiger partial charge in [-0.25, -0.2) is 8.42 Å². The fourth-order valence-corrected chi connectivity index (χ4v) is 3.91. The number of hydrogen-bond acceptors (Lipinski definition) is 6. The lowest BCUT2D eigenvalue weighted by molar-refractivity contribution is -0.127. The highest BCUT2D eigenvalue weighted by atomic mass is 32.2. The van der Waals surface area contributed by atoms with Crippen LogP contribution >= 0.6 is 0 Å². The average Bonchev–Trinajstić information content (AvgIpc) is 2.69. The molecule has 2 aromatic carbocycles. The van der Waals surface area contributed by atoms with Crippen molar-refractivity contribution >= 4 is 21.6 Å². The van der Waals surface area contributed by atoms with E-state index in [0.29, 0.717) is 22.9 Å². The van der Waals surface area contributed by atoms with Gasteiger partial charge in [-0.3, -0.25) is 9.10 Å². The first-order chi connectivity index (χ1) is 13.8. The standard InChI is InChI=1S/C20H24N2O6S/c1-14-8-9-15-18(12-14)28-19(13-22(15)29(3,24)25)20(23)21-10-11-27-17-7-5-4-6-16(17)26-2/h4-9,12,19H,10-11,13H2,1-3H3,(H,21,23)/t19-/m1/s1. The van der Waals surface area contributed by atoms with Crippen molar-refractivity contribution in [3.8, 4) is 17.2 Å². The number of amides is 1. The van der Waals surface area contributed by atoms with Crippen molar-refractivity contribution in [3.05, 3.63) is 48.0 Å². The number of anilines is 1. The SMILES string of the molecule is COc1ccccc1OCCNC(=O)[C@H]1CN(S(C)(=O)=O)c2ccc(C)cc2O1. The van der Waals surface area contributed by atoms with Crippen LogP contribution in [0.3, 0.4) is 0 Å². The van der Waals surface area contributed by atoms with Gasteiger partial charge in [0.15, 0.2) is 17.6 Å². The molecular weight excluding hydrogens is 396 g/mol. The monoisotopic (exact) mass is 420 g/mol. The summed E-state index contributed by atoms with van der Waals surface area (Å²) >= 11 is 0. The second kappa shape index (κ2) is 8.60. The Morgan fingerprint density at radius 3 is 2.66 bits per heavy atom. The summed E-state index contributed by atoms with van der Waals surface area (Å²) in [5.74, 6) is 1.14. The molecule has 0 aromatic heterocycles. The van der Waals surface area contributed by atoms with Gasteiger partial charge in [0.1, 0.15) is 12.4 Å². The van der Waals surface area contributed by atoms with Crippen LogP contribution < -0.4 is 23.8 Å². The maximum Gasteiger partial charge on any atom is 0.263 e. The molecule has 2 aromatic rings. The van der Waals surface area contributed by atoms with Gasteiger partial charge in [-0.15, -0.1) is 0 Å². The molecule has 1 aliphatic heterocycles. The molecule has 0 bridgehead atoms. The van der Waals surface area contributed by atoms with Crippen LogP contribution in [-0.4, -0.2) is 53.5 Å². The number of para-hydroxylation sites is 2. The summed E-state index contributed by atoms with van der Waals surface area (Å²) in [6, 6.07) is 12.4. The Morgan fingerprint density at radius 2 is 1.97 bits per heavy atom. The third-order valence-corrected chi connectivity index (χ3v) is 5.55. The highest BCUT2D eigenvalue weighted by Gasteiger charge is 2.34. The van der Waals surface area contributed by atoms with E-state index in [9.17, 15) is 13.2 Å². The van der Waals surface area contributed by atoms with Crippen LogP contribution in [0.15, 0.2) is 42.5 Å². The molecule has 1 aliphatic rings. The second-order valence-corrected chi connectivity index (χ2v) is 8.57. The van der Waals surface area contributed by atoms with E-state index in [1.807, 2.05) is 19.1 Å². The molecule has 0 saturated carbocycles. The van der Waals surface area contributed by atoms with E-state index in [2.05, 4.69) is 5.32 Å². The molecule has 0 aliphatic carbocycles. The number of hydrogen-bond donors (Lipinski definition) is 1. The predicted molar refractivity (Wildman–Crippen MR) is 109 cm³/mol. The number of benzene rings is 2. The Kier molecular flexibility index (Phi) is 6.17. The fraction of sp³-hybridized carbons (Fsp3) is 0.350. The van der Waals surface area contributed by atoms with Crippen LogP contribution in [0.25, 0.3) is 0 Å². The number of methoxy groups -OCH3 is 1. The smallest absolute Gasteiger partial charge is 0.263 e. The van der Waals surface area contributed by atoms with Crippen LogP contribution in [0, 0.1) is 6.92 Å². The molecule has 0 unspecified atom stereocenters. The molecular formula is C20H24N2O6S. The van der Waals surface area contributed by atoms with Crippen LogP contribution in [0.1, 0.15) is 5.56 Å². The highest BCUT2D eigenvalue weighted by Crippen LogP contribution is 2.35. The lowest BCUT2D eigenvalue weighted by atomic mass is 10.1. The quantitative estimate of drug-likeness (QED) is 0.686. The van der Waals surface area contributed by atoms with Gasteiger partial charge in [0.05, 0.1) is 32.1 Å². The minimum Gasteiger partial charge on any atom is -0.493 e. The van der Waals surface area contributed by atoms with E-state index >= 15 is 0 Å². The Labute approximate surface area is 170 Å². The number of fused-ring (bicyclic) bond motifs is 1. The topological polar surface area (TPSA) is 94.2 Å². The summed E-state index contributed by atoms with van der Waals surface area (Å²) in [6.45, 7) is 2.24. The summed E-state index contributed by atoms with van der Waals surface area (Å²) in [5.41, 5.74) is 1.34. The molecule has 8 nitrogen and oxygen atoms in total. The zero-order valence-corrected chi connectivity index (χ0v) is 17.4. The van der Waals surface area contributed by atoms with Gasteiger partial charge in [0.2, 0.25) is 10.0 Å². The minimum absolute atomic E-state index is 0.0892. The molecule has 0 fully saturated rings. The van der Waals surface area contributed by atoms with E-state index in [1.54, 1.807) is 37.4 Å². The molecule has 156 valence electrons. The minimum atomic E-state index is -3.55. The zero-order chi connectivity index (χ0) is 21.0. The van der Waals surface area contributed by atoms with Crippen molar-refractivity contribution in [2.75, 3.05) is 37.4 Å². The van der Waals surface area contributed by atoms with Crippen molar-refractivity contribution in [2.24, 2.45) is 0 Å². The number of sulfonamides is 1. The molecule has 0 radical (unpaired) electrons. The number of carbonyl (C=O) groups is 1. The van der Waals surface area contributed by atoms with Gasteiger partial charge in [-0.1, -0.05) is 18.2 Å². The van der Waals surface area contributed by atoms with Gasteiger partial charge in [-0.2, -0.15) is 0 Å². The van der Waals surface area contributed by atoms with Crippen LogP contribution in [-0.2, 0) is 14.8 Å². The lowest BCUT2D eigenvalue weighted by Gasteiger charge is -2.34. The summed E-state index contributed by atoms with van der Waals surface area (Å²) in [5, 5.41) is 2.73. The maximum atomic E-state index is 12.6. The molecule has 3 rings (SSSR count). The van der Waals surface area contributed by atoms with Crippen LogP contribution in [0.2, 0.25) is 0 Å². The van der Waals surface area contributed by atoms with E-state index in [1.165, 1.54) is 4.31 Å². The number of rotatable bonds is 7. The van der Waals surface area contributed by atoms with Gasteiger partial charge in [-0.05, 0) is 36.8 Å². The van der Waals surface area contributed by atoms with Crippen molar-refractivity contribution in [1.82, 2.24) is 5.32 Å². The van der Waals surface area contributed by atoms with Gasteiger partial charge >= 0.3 is 0 Å². The third kappa shape index (κ3) is 4.92. The van der Waals surface area contributed by atoms with Gasteiger partial charge < -0.3 is 19.5 Å². The van der Waals surface area contributed by atoms with Gasteiger partial charge in [0.25, 0.3) is 5.91 Å². The van der Waals surface area contributed by atoms with E-state index in [0.717, 1.165) is 11.8 Å². The van der Waals surface area contributed by atoms with E-state index < -0.39 is 22.0 Å². The molecule has 1 heterocycles. The summed E-state index contributed by atoms with van der Waals surface area (Å²) in [7, 11) is -2.00. The zero-order valence-electron chi connectivity index (χ0n) is 16.5. The van der Waals surface area contributed by atoms with Crippen LogP contribution in [0.4, 0.5) is 5.69 Å². The largest absolute Gasteiger partial charge is 0.493 e. The Bertz CT molecular complexity index is 992. The first-order valence-corrected chi connectivity index (χ1v) is 10.9. The number of nitrogens with zero attached hydrogens (tertiary/aromatic N) is 1. The van der Waals surface area contributed by atoms with E-state index in [-0.39, 0.29) is 19.7 Å². The first kappa shape index (κ1) is 20.8. The predicted octanol–water partition coefficient (Wildman–Crippen LogP) is 1.73. The fourth-order valence-electron chi connectivity index (χ4n) is 3.00. The number of nitrogens with one attached hydrogen (secondary N) is 1. The van der Waals surface area contributed by atoms with Gasteiger partial charge in [0, 0.05) is 0 Å². The highest BCUT2D eigenvalue weighted by molar-refractivity contribution is 7.92. The first-order valence-electron chi connectivity index (χ1n) is 9.08. The molecule has 1 atom stereocenters. The summed E-state index contributed by atoms with van der Waals surface area (Å²) in [6.07, 6.45) is 0.156. The number of carbonyl (C=O) groups excluding carboxylic acids is 1. The Hall–Kier alpha value is -2.94. The van der Waals surface area contributed by atoms with Crippen molar-refractivity contribution in [2.45, 2.75) is 13.0 Å². The average molecular weight is 420 g/mol. The Morgan fingerprint density at radius 1 is 1.24 bits per heavy atom. The second-order valence-electron chi connectivity index (χ2n) is 6.66. The molecule has 29 heavy (non-hydrogen) atoms. The molecule has 9 heteroatoms. The third-order valence-electron chi connectivity index (χ3n) is 4.41. The lowest BCUT2D eigenvalue weighted by Crippen LogP contribution is -2.51. The van der Waals surface area contributed by atoms with Crippen molar-refractivity contribution in [3.63, 3.8) is 0 Å². The van der Waals surface area contributed by atoms with E-state index in [4.69, 9.17) is 14.2 Å². The molecule has 1 N–H and O–H groups in total. The summed E-state index contributed by atoms with van der Waals surface area (Å²) < 4.78 is 42.2. The Balaban J connectivity index is 1.62. The molecule has 0 spiro atoms. The summed E-state index contributed by atoms with van der Waals surface area (Å²) in [4.78, 5) is 12.6. The number of aryl methyl sites for hydroxylation is 1. The van der Waals surface area contributed by atoms with Crippen LogP contribution in [0.5, 0.6) is 17.2 Å². The maximum absolute atomic E-state index is 12.6.